The normalized spacial score (nSPS) is 12.7. The molecule has 1 aromatic heterocycles. The molecule has 0 saturated carbocycles. The summed E-state index contributed by atoms with van der Waals surface area (Å²) in [7, 11) is 0. The Kier molecular flexibility index (Phi) is 2.56. The average molecular weight is 262 g/mol. The molecule has 5 heteroatoms. The number of aryl methyl sites for hydroxylation is 2. The maximum Gasteiger partial charge on any atom is 0.317 e. The summed E-state index contributed by atoms with van der Waals surface area (Å²) < 4.78 is 13.9. The Labute approximate surface area is 107 Å². The van der Waals surface area contributed by atoms with E-state index in [2.05, 4.69) is 5.32 Å². The Morgan fingerprint density at radius 1 is 1.33 bits per heavy atom. The van der Waals surface area contributed by atoms with Gasteiger partial charge in [-0.3, -0.25) is 5.32 Å². The molecule has 0 saturated heterocycles. The number of hydrogen-bond acceptors (Lipinski definition) is 2. The van der Waals surface area contributed by atoms with Gasteiger partial charge in [0.2, 0.25) is 0 Å². The van der Waals surface area contributed by atoms with Gasteiger partial charge in [0, 0.05) is 10.4 Å². The van der Waals surface area contributed by atoms with Crippen molar-refractivity contribution in [1.29, 1.82) is 0 Å². The van der Waals surface area contributed by atoms with Crippen molar-refractivity contribution >= 4 is 22.4 Å². The van der Waals surface area contributed by atoms with E-state index in [-0.39, 0.29) is 5.82 Å². The molecule has 1 aliphatic rings. The number of nitrogens with two attached hydrogens (primary N) is 1. The van der Waals surface area contributed by atoms with Gasteiger partial charge in [0.15, 0.2) is 0 Å². The first-order valence-electron chi connectivity index (χ1n) is 5.62. The number of halogens is 1. The molecule has 0 atom stereocenters. The van der Waals surface area contributed by atoms with Crippen LogP contribution in [-0.2, 0) is 12.8 Å². The average Bonchev–Trinajstić information content (AvgIpc) is 2.70. The fraction of sp³-hybridized carbons (Fsp3) is 0.154. The molecule has 0 spiro atoms. The predicted octanol–water partition coefficient (Wildman–Crippen LogP) is 3.14. The van der Waals surface area contributed by atoms with Crippen molar-refractivity contribution in [3.8, 4) is 10.4 Å². The van der Waals surface area contributed by atoms with Gasteiger partial charge in [0.25, 0.3) is 0 Å². The summed E-state index contributed by atoms with van der Waals surface area (Å²) in [6, 6.07) is 6.43. The van der Waals surface area contributed by atoms with Gasteiger partial charge in [-0.25, -0.2) is 9.18 Å². The van der Waals surface area contributed by atoms with Crippen LogP contribution in [0.5, 0.6) is 0 Å². The van der Waals surface area contributed by atoms with Crippen LogP contribution in [-0.4, -0.2) is 6.03 Å². The highest BCUT2D eigenvalue weighted by atomic mass is 32.1. The molecule has 0 aliphatic heterocycles. The van der Waals surface area contributed by atoms with Gasteiger partial charge >= 0.3 is 6.03 Å². The number of urea groups is 1. The number of amides is 2. The van der Waals surface area contributed by atoms with Crippen LogP contribution < -0.4 is 11.1 Å². The summed E-state index contributed by atoms with van der Waals surface area (Å²) >= 11 is 1.37. The molecule has 0 bridgehead atoms. The smallest absolute Gasteiger partial charge is 0.317 e. The van der Waals surface area contributed by atoms with Gasteiger partial charge < -0.3 is 5.73 Å². The lowest BCUT2D eigenvalue weighted by Crippen LogP contribution is -2.18. The molecular formula is C13H11FN2OS. The summed E-state index contributed by atoms with van der Waals surface area (Å²) in [6.07, 6.45) is 1.69. The third-order valence-electron chi connectivity index (χ3n) is 3.05. The SMILES string of the molecule is NC(=O)Nc1cc2c(s1)-c1c(F)cccc1CC2. The van der Waals surface area contributed by atoms with Gasteiger partial charge in [0.05, 0.1) is 5.00 Å². The van der Waals surface area contributed by atoms with E-state index in [1.807, 2.05) is 12.1 Å². The Bertz CT molecular complexity index is 636. The minimum atomic E-state index is -0.595. The minimum Gasteiger partial charge on any atom is -0.351 e. The number of carbonyl (C=O) groups is 1. The molecule has 3 nitrogen and oxygen atoms in total. The fourth-order valence-corrected chi connectivity index (χ4v) is 3.51. The number of carbonyl (C=O) groups excluding carboxylic acids is 1. The lowest BCUT2D eigenvalue weighted by Gasteiger charge is -2.16. The van der Waals surface area contributed by atoms with Gasteiger partial charge in [-0.15, -0.1) is 11.3 Å². The molecule has 2 aromatic rings. The van der Waals surface area contributed by atoms with Crippen molar-refractivity contribution in [2.45, 2.75) is 12.8 Å². The molecule has 2 amide bonds. The number of hydrogen-bond donors (Lipinski definition) is 2. The number of fused-ring (bicyclic) bond motifs is 3. The number of nitrogens with one attached hydrogen (secondary N) is 1. The summed E-state index contributed by atoms with van der Waals surface area (Å²) in [5, 5.41) is 3.22. The first-order valence-corrected chi connectivity index (χ1v) is 6.44. The van der Waals surface area contributed by atoms with E-state index in [9.17, 15) is 9.18 Å². The van der Waals surface area contributed by atoms with Crippen LogP contribution in [0.2, 0.25) is 0 Å². The van der Waals surface area contributed by atoms with Crippen LogP contribution >= 0.6 is 11.3 Å². The van der Waals surface area contributed by atoms with Crippen molar-refractivity contribution in [1.82, 2.24) is 0 Å². The zero-order valence-electron chi connectivity index (χ0n) is 9.50. The quantitative estimate of drug-likeness (QED) is 0.815. The largest absolute Gasteiger partial charge is 0.351 e. The van der Waals surface area contributed by atoms with Crippen LogP contribution in [0.15, 0.2) is 24.3 Å². The van der Waals surface area contributed by atoms with Crippen molar-refractivity contribution < 1.29 is 9.18 Å². The molecule has 0 fully saturated rings. The molecule has 92 valence electrons. The van der Waals surface area contributed by atoms with Crippen molar-refractivity contribution in [3.05, 3.63) is 41.2 Å². The second-order valence-corrected chi connectivity index (χ2v) is 5.28. The van der Waals surface area contributed by atoms with Crippen LogP contribution in [0.4, 0.5) is 14.2 Å². The topological polar surface area (TPSA) is 55.1 Å². The summed E-state index contributed by atoms with van der Waals surface area (Å²) in [5.74, 6) is -0.207. The molecular weight excluding hydrogens is 251 g/mol. The van der Waals surface area contributed by atoms with Crippen LogP contribution in [0, 0.1) is 5.82 Å². The highest BCUT2D eigenvalue weighted by Crippen LogP contribution is 2.42. The number of rotatable bonds is 1. The van der Waals surface area contributed by atoms with Gasteiger partial charge in [-0.1, -0.05) is 12.1 Å². The van der Waals surface area contributed by atoms with Crippen LogP contribution in [0.3, 0.4) is 0 Å². The summed E-state index contributed by atoms with van der Waals surface area (Å²) in [6.45, 7) is 0. The third kappa shape index (κ3) is 1.76. The zero-order valence-corrected chi connectivity index (χ0v) is 10.3. The van der Waals surface area contributed by atoms with Crippen molar-refractivity contribution in [2.24, 2.45) is 5.73 Å². The Balaban J connectivity index is 2.12. The van der Waals surface area contributed by atoms with Gasteiger partial charge in [-0.05, 0) is 36.1 Å². The lowest BCUT2D eigenvalue weighted by atomic mass is 9.91. The number of anilines is 1. The van der Waals surface area contributed by atoms with E-state index in [4.69, 9.17) is 5.73 Å². The first kappa shape index (κ1) is 11.2. The molecule has 0 unspecified atom stereocenters. The van der Waals surface area contributed by atoms with Crippen LogP contribution in [0.1, 0.15) is 11.1 Å². The van der Waals surface area contributed by atoms with Crippen molar-refractivity contribution in [3.63, 3.8) is 0 Å². The summed E-state index contributed by atoms with van der Waals surface area (Å²) in [4.78, 5) is 11.7. The molecule has 3 rings (SSSR count). The van der Waals surface area contributed by atoms with E-state index in [1.54, 1.807) is 6.07 Å². The van der Waals surface area contributed by atoms with E-state index >= 15 is 0 Å². The second kappa shape index (κ2) is 4.10. The zero-order chi connectivity index (χ0) is 12.7. The first-order chi connectivity index (χ1) is 8.65. The maximum atomic E-state index is 13.9. The maximum absolute atomic E-state index is 13.9. The third-order valence-corrected chi connectivity index (χ3v) is 4.16. The summed E-state index contributed by atoms with van der Waals surface area (Å²) in [5.41, 5.74) is 7.85. The monoisotopic (exact) mass is 262 g/mol. The standard InChI is InChI=1S/C13H11FN2OS/c14-9-3-1-2-7-4-5-8-6-10(16-13(15)17)18-12(8)11(7)9/h1-3,6H,4-5H2,(H3,15,16,17). The number of benzene rings is 1. The second-order valence-electron chi connectivity index (χ2n) is 4.23. The molecule has 3 N–H and O–H groups in total. The Morgan fingerprint density at radius 3 is 2.89 bits per heavy atom. The van der Waals surface area contributed by atoms with E-state index in [1.165, 1.54) is 17.4 Å². The number of primary amides is 1. The Morgan fingerprint density at radius 2 is 2.11 bits per heavy atom. The van der Waals surface area contributed by atoms with Crippen LogP contribution in [0.25, 0.3) is 10.4 Å². The van der Waals surface area contributed by atoms with Gasteiger partial charge in [0.1, 0.15) is 5.82 Å². The highest BCUT2D eigenvalue weighted by Gasteiger charge is 2.22. The molecule has 1 aliphatic carbocycles. The fourth-order valence-electron chi connectivity index (χ4n) is 2.31. The minimum absolute atomic E-state index is 0.207. The number of thiophene rings is 1. The van der Waals surface area contributed by atoms with Crippen molar-refractivity contribution in [2.75, 3.05) is 5.32 Å². The molecule has 1 heterocycles. The highest BCUT2D eigenvalue weighted by molar-refractivity contribution is 7.19. The molecule has 18 heavy (non-hydrogen) atoms. The van der Waals surface area contributed by atoms with Gasteiger partial charge in [-0.2, -0.15) is 0 Å². The predicted molar refractivity (Wildman–Crippen MR) is 70.3 cm³/mol. The molecule has 1 aromatic carbocycles. The van der Waals surface area contributed by atoms with E-state index < -0.39 is 6.03 Å². The van der Waals surface area contributed by atoms with E-state index in [0.29, 0.717) is 10.6 Å². The lowest BCUT2D eigenvalue weighted by molar-refractivity contribution is 0.259. The molecule has 0 radical (unpaired) electrons. The Hall–Kier alpha value is -1.88. The van der Waals surface area contributed by atoms with E-state index in [0.717, 1.165) is 28.8 Å².